The summed E-state index contributed by atoms with van der Waals surface area (Å²) in [4.78, 5) is 25.5. The summed E-state index contributed by atoms with van der Waals surface area (Å²) in [5.41, 5.74) is 10.5. The first-order valence-corrected chi connectivity index (χ1v) is 11.2. The Labute approximate surface area is 194 Å². The van der Waals surface area contributed by atoms with Crippen LogP contribution in [0.1, 0.15) is 26.4 Å². The predicted molar refractivity (Wildman–Crippen MR) is 133 cm³/mol. The van der Waals surface area contributed by atoms with Crippen LogP contribution in [0.25, 0.3) is 22.1 Å². The number of hydrogen-bond acceptors (Lipinski definition) is 5. The molecule has 0 radical (unpaired) electrons. The first kappa shape index (κ1) is 21.7. The number of carbonyl (C=O) groups excluding carboxylic acids is 1. The number of fused-ring (bicyclic) bond motifs is 1. The Kier molecular flexibility index (Phi) is 6.07. The van der Waals surface area contributed by atoms with Crippen LogP contribution in [0.5, 0.6) is 0 Å². The van der Waals surface area contributed by atoms with Gasteiger partial charge in [0.2, 0.25) is 0 Å². The van der Waals surface area contributed by atoms with E-state index < -0.39 is 5.63 Å². The Morgan fingerprint density at radius 1 is 1.00 bits per heavy atom. The van der Waals surface area contributed by atoms with Crippen molar-refractivity contribution < 1.29 is 9.21 Å². The van der Waals surface area contributed by atoms with E-state index in [4.69, 9.17) is 16.6 Å². The van der Waals surface area contributed by atoms with Gasteiger partial charge in [0.1, 0.15) is 5.58 Å². The minimum atomic E-state index is -0.407. The van der Waals surface area contributed by atoms with Crippen LogP contribution in [0.3, 0.4) is 0 Å². The molecule has 0 saturated carbocycles. The number of thiophene rings is 1. The summed E-state index contributed by atoms with van der Waals surface area (Å²) in [6, 6.07) is 14.9. The van der Waals surface area contributed by atoms with Crippen molar-refractivity contribution in [3.63, 3.8) is 0 Å². The number of thiocarbonyl (C=S) groups is 1. The van der Waals surface area contributed by atoms with Crippen molar-refractivity contribution in [2.45, 2.75) is 20.8 Å². The number of anilines is 1. The molecule has 162 valence electrons. The lowest BCUT2D eigenvalue weighted by molar-refractivity contribution is 0.0945. The summed E-state index contributed by atoms with van der Waals surface area (Å²) in [7, 11) is 0. The minimum absolute atomic E-state index is 0.205. The zero-order valence-corrected chi connectivity index (χ0v) is 19.4. The second-order valence-corrected chi connectivity index (χ2v) is 8.93. The van der Waals surface area contributed by atoms with Crippen molar-refractivity contribution in [3.8, 4) is 11.1 Å². The van der Waals surface area contributed by atoms with Gasteiger partial charge in [0, 0.05) is 39.0 Å². The molecule has 0 aliphatic rings. The van der Waals surface area contributed by atoms with Gasteiger partial charge in [0.25, 0.3) is 5.91 Å². The van der Waals surface area contributed by atoms with Gasteiger partial charge in [-0.25, -0.2) is 4.79 Å². The van der Waals surface area contributed by atoms with Crippen LogP contribution < -0.4 is 21.8 Å². The minimum Gasteiger partial charge on any atom is -0.423 e. The first-order chi connectivity index (χ1) is 15.3. The highest BCUT2D eigenvalue weighted by molar-refractivity contribution is 7.80. The van der Waals surface area contributed by atoms with Gasteiger partial charge < -0.3 is 9.73 Å². The summed E-state index contributed by atoms with van der Waals surface area (Å²) in [6.07, 6.45) is 0. The lowest BCUT2D eigenvalue weighted by atomic mass is 10.0. The van der Waals surface area contributed by atoms with Crippen molar-refractivity contribution in [1.82, 2.24) is 10.9 Å². The number of carbonyl (C=O) groups is 1. The molecular weight excluding hydrogens is 442 g/mol. The molecule has 8 heteroatoms. The van der Waals surface area contributed by atoms with Crippen molar-refractivity contribution in [2.75, 3.05) is 5.32 Å². The fourth-order valence-corrected chi connectivity index (χ4v) is 4.48. The maximum absolute atomic E-state index is 12.8. The molecule has 4 aromatic rings. The highest BCUT2D eigenvalue weighted by Gasteiger charge is 2.17. The van der Waals surface area contributed by atoms with Crippen molar-refractivity contribution in [2.24, 2.45) is 0 Å². The normalized spacial score (nSPS) is 10.7. The standard InChI is InChI=1S/C24H21N3O3S2/c1-13-4-6-16(7-5-13)22-15(3)32-12-19(22)23(29)26-27-24(31)25-17-8-9-18-14(2)10-21(28)30-20(18)11-17/h4-12H,1-3H3,(H,26,29)(H2,25,27,31). The number of aryl methyl sites for hydroxylation is 3. The lowest BCUT2D eigenvalue weighted by Crippen LogP contribution is -2.43. The topological polar surface area (TPSA) is 83.4 Å². The fourth-order valence-electron chi connectivity index (χ4n) is 3.45. The second kappa shape index (κ2) is 8.94. The van der Waals surface area contributed by atoms with E-state index in [-0.39, 0.29) is 11.0 Å². The summed E-state index contributed by atoms with van der Waals surface area (Å²) in [6.45, 7) is 5.88. The first-order valence-electron chi connectivity index (χ1n) is 9.89. The number of hydrogen-bond donors (Lipinski definition) is 3. The zero-order chi connectivity index (χ0) is 22.8. The van der Waals surface area contributed by atoms with Crippen LogP contribution in [0.4, 0.5) is 5.69 Å². The van der Waals surface area contributed by atoms with Crippen molar-refractivity contribution in [1.29, 1.82) is 0 Å². The predicted octanol–water partition coefficient (Wildman–Crippen LogP) is 5.08. The molecule has 0 aliphatic heterocycles. The average Bonchev–Trinajstić information content (AvgIpc) is 3.13. The van der Waals surface area contributed by atoms with Gasteiger partial charge in [-0.15, -0.1) is 11.3 Å². The Balaban J connectivity index is 1.45. The smallest absolute Gasteiger partial charge is 0.336 e. The molecule has 4 rings (SSSR count). The molecule has 1 amide bonds. The second-order valence-electron chi connectivity index (χ2n) is 7.44. The Hall–Kier alpha value is -3.49. The molecule has 0 bridgehead atoms. The van der Waals surface area contributed by atoms with Crippen LogP contribution in [0, 0.1) is 20.8 Å². The third kappa shape index (κ3) is 4.56. The van der Waals surface area contributed by atoms with E-state index in [0.29, 0.717) is 16.8 Å². The lowest BCUT2D eigenvalue weighted by Gasteiger charge is -2.13. The van der Waals surface area contributed by atoms with E-state index in [0.717, 1.165) is 32.5 Å². The number of benzene rings is 2. The van der Waals surface area contributed by atoms with Gasteiger partial charge in [0.05, 0.1) is 5.56 Å². The summed E-state index contributed by atoms with van der Waals surface area (Å²) < 4.78 is 5.26. The molecule has 0 unspecified atom stereocenters. The number of rotatable bonds is 3. The maximum atomic E-state index is 12.8. The average molecular weight is 464 g/mol. The van der Waals surface area contributed by atoms with Crippen LogP contribution >= 0.6 is 23.6 Å². The zero-order valence-electron chi connectivity index (χ0n) is 17.7. The van der Waals surface area contributed by atoms with Gasteiger partial charge in [-0.3, -0.25) is 15.6 Å². The van der Waals surface area contributed by atoms with Gasteiger partial charge in [-0.2, -0.15) is 0 Å². The third-order valence-electron chi connectivity index (χ3n) is 5.06. The third-order valence-corrected chi connectivity index (χ3v) is 6.17. The van der Waals surface area contributed by atoms with Crippen LogP contribution in [-0.2, 0) is 0 Å². The number of hydrazine groups is 1. The van der Waals surface area contributed by atoms with Crippen molar-refractivity contribution in [3.05, 3.63) is 85.9 Å². The molecule has 3 N–H and O–H groups in total. The van der Waals surface area contributed by atoms with Crippen molar-refractivity contribution >= 4 is 51.2 Å². The van der Waals surface area contributed by atoms with E-state index in [1.54, 1.807) is 6.07 Å². The van der Waals surface area contributed by atoms with E-state index >= 15 is 0 Å². The Bertz CT molecular complexity index is 1390. The summed E-state index contributed by atoms with van der Waals surface area (Å²) in [5, 5.41) is 5.87. The van der Waals surface area contributed by atoms with E-state index in [1.807, 2.05) is 62.5 Å². The quantitative estimate of drug-likeness (QED) is 0.223. The molecular formula is C24H21N3O3S2. The molecule has 0 spiro atoms. The number of nitrogens with one attached hydrogen (secondary N) is 3. The van der Waals surface area contributed by atoms with Crippen LogP contribution in [0.2, 0.25) is 0 Å². The van der Waals surface area contributed by atoms with E-state index in [9.17, 15) is 9.59 Å². The molecule has 0 aliphatic carbocycles. The highest BCUT2D eigenvalue weighted by atomic mass is 32.1. The van der Waals surface area contributed by atoms with E-state index in [2.05, 4.69) is 16.2 Å². The molecule has 6 nitrogen and oxygen atoms in total. The Morgan fingerprint density at radius 3 is 2.50 bits per heavy atom. The largest absolute Gasteiger partial charge is 0.423 e. The maximum Gasteiger partial charge on any atom is 0.336 e. The molecule has 2 heterocycles. The van der Waals surface area contributed by atoms with E-state index in [1.165, 1.54) is 17.4 Å². The molecule has 2 aromatic heterocycles. The van der Waals surface area contributed by atoms with Gasteiger partial charge in [-0.05, 0) is 56.2 Å². The molecule has 0 saturated heterocycles. The fraction of sp³-hybridized carbons (Fsp3) is 0.125. The number of amides is 1. The molecule has 0 fully saturated rings. The SMILES string of the molecule is Cc1ccc(-c2c(C(=O)NNC(=S)Nc3ccc4c(C)cc(=O)oc4c3)csc2C)cc1. The molecule has 32 heavy (non-hydrogen) atoms. The summed E-state index contributed by atoms with van der Waals surface area (Å²) in [5.74, 6) is -0.283. The van der Waals surface area contributed by atoms with Gasteiger partial charge >= 0.3 is 5.63 Å². The van der Waals surface area contributed by atoms with Crippen LogP contribution in [0.15, 0.2) is 63.1 Å². The highest BCUT2D eigenvalue weighted by Crippen LogP contribution is 2.32. The van der Waals surface area contributed by atoms with Gasteiger partial charge in [0.15, 0.2) is 5.11 Å². The summed E-state index contributed by atoms with van der Waals surface area (Å²) >= 11 is 6.82. The van der Waals surface area contributed by atoms with Gasteiger partial charge in [-0.1, -0.05) is 29.8 Å². The molecule has 0 atom stereocenters. The Morgan fingerprint density at radius 2 is 1.75 bits per heavy atom. The molecule has 2 aromatic carbocycles. The van der Waals surface area contributed by atoms with Crippen LogP contribution in [-0.4, -0.2) is 11.0 Å². The monoisotopic (exact) mass is 463 g/mol.